The van der Waals surface area contributed by atoms with E-state index in [1.54, 1.807) is 24.7 Å². The number of ether oxygens (including phenoxy) is 2. The molecule has 116 valence electrons. The Hall–Kier alpha value is -2.56. The Bertz CT molecular complexity index is 662. The van der Waals surface area contributed by atoms with E-state index in [-0.39, 0.29) is 0 Å². The van der Waals surface area contributed by atoms with Crippen LogP contribution in [0.15, 0.2) is 43.1 Å². The molecule has 0 unspecified atom stereocenters. The molecule has 0 spiro atoms. The number of carbonyl (C=O) groups excluding carboxylic acids is 1. The number of hydrogen-bond donors (Lipinski definition) is 0. The summed E-state index contributed by atoms with van der Waals surface area (Å²) in [5.74, 6) is 0.378. The van der Waals surface area contributed by atoms with Crippen molar-refractivity contribution in [1.29, 1.82) is 0 Å². The van der Waals surface area contributed by atoms with Crippen LogP contribution in [-0.4, -0.2) is 29.0 Å². The quantitative estimate of drug-likeness (QED) is 0.583. The smallest absolute Gasteiger partial charge is 0.359 e. The number of nitrogens with zero attached hydrogens (tertiary/aromatic N) is 2. The predicted molar refractivity (Wildman–Crippen MR) is 84.1 cm³/mol. The number of carbonyl (C=O) groups is 1. The summed E-state index contributed by atoms with van der Waals surface area (Å²) in [5, 5.41) is 4.20. The van der Waals surface area contributed by atoms with E-state index in [2.05, 4.69) is 11.7 Å². The molecule has 0 amide bonds. The molecule has 2 rings (SSSR count). The summed E-state index contributed by atoms with van der Waals surface area (Å²) < 4.78 is 12.3. The predicted octanol–water partition coefficient (Wildman–Crippen LogP) is 2.75. The van der Waals surface area contributed by atoms with Gasteiger partial charge in [0.2, 0.25) is 0 Å². The Kier molecular flexibility index (Phi) is 5.36. The summed E-state index contributed by atoms with van der Waals surface area (Å²) >= 11 is 0. The molecule has 0 bridgehead atoms. The Balaban J connectivity index is 2.27. The zero-order valence-corrected chi connectivity index (χ0v) is 12.9. The van der Waals surface area contributed by atoms with Crippen LogP contribution in [0, 0.1) is 0 Å². The maximum absolute atomic E-state index is 12.0. The first-order chi connectivity index (χ1) is 10.7. The second-order valence-corrected chi connectivity index (χ2v) is 4.78. The molecule has 5 nitrogen and oxygen atoms in total. The summed E-state index contributed by atoms with van der Waals surface area (Å²) in [4.78, 5) is 12.0. The van der Waals surface area contributed by atoms with Crippen molar-refractivity contribution < 1.29 is 14.3 Å². The highest BCUT2D eigenvalue weighted by atomic mass is 16.5. The first-order valence-electron chi connectivity index (χ1n) is 7.17. The monoisotopic (exact) mass is 300 g/mol. The van der Waals surface area contributed by atoms with Crippen molar-refractivity contribution in [3.8, 4) is 5.75 Å². The summed E-state index contributed by atoms with van der Waals surface area (Å²) in [6, 6.07) is 7.73. The van der Waals surface area contributed by atoms with E-state index in [0.717, 1.165) is 16.9 Å². The van der Waals surface area contributed by atoms with Crippen molar-refractivity contribution in [3.05, 3.63) is 59.9 Å². The lowest BCUT2D eigenvalue weighted by Crippen LogP contribution is -2.09. The van der Waals surface area contributed by atoms with Crippen molar-refractivity contribution in [1.82, 2.24) is 9.78 Å². The number of esters is 1. The number of hydrogen-bond acceptors (Lipinski definition) is 4. The molecule has 0 saturated carbocycles. The van der Waals surface area contributed by atoms with Crippen molar-refractivity contribution in [2.75, 3.05) is 13.2 Å². The number of rotatable bonds is 7. The highest BCUT2D eigenvalue weighted by Crippen LogP contribution is 2.23. The van der Waals surface area contributed by atoms with Crippen molar-refractivity contribution in [3.63, 3.8) is 0 Å². The molecular formula is C17H20N2O3. The lowest BCUT2D eigenvalue weighted by molar-refractivity contribution is 0.0517. The maximum Gasteiger partial charge on any atom is 0.359 e. The molecule has 22 heavy (non-hydrogen) atoms. The van der Waals surface area contributed by atoms with Gasteiger partial charge in [-0.2, -0.15) is 5.10 Å². The molecule has 0 fully saturated rings. The molecule has 2 aromatic rings. The molecular weight excluding hydrogens is 280 g/mol. The molecule has 0 aliphatic rings. The van der Waals surface area contributed by atoms with Gasteiger partial charge < -0.3 is 9.47 Å². The third-order valence-electron chi connectivity index (χ3n) is 3.08. The van der Waals surface area contributed by atoms with Crippen LogP contribution in [0.3, 0.4) is 0 Å². The van der Waals surface area contributed by atoms with Crippen LogP contribution in [0.1, 0.15) is 28.5 Å². The van der Waals surface area contributed by atoms with Crippen LogP contribution in [0.5, 0.6) is 5.75 Å². The molecule has 1 aromatic heterocycles. The zero-order valence-electron chi connectivity index (χ0n) is 12.9. The second-order valence-electron chi connectivity index (χ2n) is 4.78. The van der Waals surface area contributed by atoms with Crippen LogP contribution < -0.4 is 4.74 Å². The summed E-state index contributed by atoms with van der Waals surface area (Å²) in [6.07, 6.45) is 4.08. The first-order valence-corrected chi connectivity index (χ1v) is 7.17. The van der Waals surface area contributed by atoms with Gasteiger partial charge >= 0.3 is 5.97 Å². The Labute approximate surface area is 130 Å². The van der Waals surface area contributed by atoms with E-state index in [0.29, 0.717) is 25.3 Å². The molecule has 0 N–H and O–H groups in total. The minimum Gasteiger partial charge on any atom is -0.489 e. The topological polar surface area (TPSA) is 53.4 Å². The molecule has 0 radical (unpaired) electrons. The molecule has 5 heteroatoms. The normalized spacial score (nSPS) is 10.3. The average Bonchev–Trinajstić information content (AvgIpc) is 2.87. The van der Waals surface area contributed by atoms with Gasteiger partial charge in [-0.3, -0.25) is 4.68 Å². The van der Waals surface area contributed by atoms with Crippen molar-refractivity contribution >= 4 is 5.97 Å². The van der Waals surface area contributed by atoms with Gasteiger partial charge in [0, 0.05) is 25.2 Å². The fourth-order valence-corrected chi connectivity index (χ4v) is 2.18. The fraction of sp³-hybridized carbons (Fsp3) is 0.294. The van der Waals surface area contributed by atoms with Gasteiger partial charge in [0.15, 0.2) is 5.69 Å². The maximum atomic E-state index is 12.0. The van der Waals surface area contributed by atoms with Crippen molar-refractivity contribution in [2.24, 2.45) is 7.05 Å². The summed E-state index contributed by atoms with van der Waals surface area (Å²) in [5.41, 5.74) is 2.15. The summed E-state index contributed by atoms with van der Waals surface area (Å²) in [6.45, 7) is 6.19. The molecule has 1 heterocycles. The highest BCUT2D eigenvalue weighted by molar-refractivity contribution is 5.89. The summed E-state index contributed by atoms with van der Waals surface area (Å²) in [7, 11) is 1.78. The van der Waals surface area contributed by atoms with Crippen LogP contribution in [0.25, 0.3) is 0 Å². The number of aryl methyl sites for hydroxylation is 1. The van der Waals surface area contributed by atoms with E-state index in [1.165, 1.54) is 0 Å². The Morgan fingerprint density at radius 2 is 2.14 bits per heavy atom. The lowest BCUT2D eigenvalue weighted by Gasteiger charge is -2.09. The first kappa shape index (κ1) is 15.8. The van der Waals surface area contributed by atoms with E-state index < -0.39 is 5.97 Å². The zero-order chi connectivity index (χ0) is 15.9. The molecule has 0 aliphatic heterocycles. The van der Waals surface area contributed by atoms with Gasteiger partial charge in [-0.25, -0.2) is 4.79 Å². The van der Waals surface area contributed by atoms with Gasteiger partial charge in [-0.15, -0.1) is 0 Å². The molecule has 0 atom stereocenters. The van der Waals surface area contributed by atoms with Crippen LogP contribution >= 0.6 is 0 Å². The minimum atomic E-state index is -0.400. The van der Waals surface area contributed by atoms with Gasteiger partial charge in [0.1, 0.15) is 12.4 Å². The van der Waals surface area contributed by atoms with E-state index in [9.17, 15) is 4.79 Å². The lowest BCUT2D eigenvalue weighted by atomic mass is 10.0. The Morgan fingerprint density at radius 3 is 2.86 bits per heavy atom. The number of para-hydroxylation sites is 1. The van der Waals surface area contributed by atoms with Gasteiger partial charge in [0.25, 0.3) is 0 Å². The molecule has 1 aromatic carbocycles. The molecule has 0 saturated heterocycles. The SMILES string of the molecule is C=CCOc1ccccc1Cc1cn(C)nc1C(=O)OCC. The van der Waals surface area contributed by atoms with Crippen LogP contribution in [0.2, 0.25) is 0 Å². The van der Waals surface area contributed by atoms with E-state index in [4.69, 9.17) is 9.47 Å². The van der Waals surface area contributed by atoms with E-state index >= 15 is 0 Å². The third kappa shape index (κ3) is 3.75. The fourth-order valence-electron chi connectivity index (χ4n) is 2.18. The van der Waals surface area contributed by atoms with Gasteiger partial charge in [-0.1, -0.05) is 30.9 Å². The number of aromatic nitrogens is 2. The number of benzene rings is 1. The van der Waals surface area contributed by atoms with Crippen molar-refractivity contribution in [2.45, 2.75) is 13.3 Å². The van der Waals surface area contributed by atoms with Gasteiger partial charge in [0.05, 0.1) is 6.61 Å². The van der Waals surface area contributed by atoms with Crippen LogP contribution in [-0.2, 0) is 18.2 Å². The highest BCUT2D eigenvalue weighted by Gasteiger charge is 2.18. The second kappa shape index (κ2) is 7.45. The van der Waals surface area contributed by atoms with Crippen LogP contribution in [0.4, 0.5) is 0 Å². The standard InChI is InChI=1S/C17H20N2O3/c1-4-10-22-15-9-7-6-8-13(15)11-14-12-19(3)18-16(14)17(20)21-5-2/h4,6-9,12H,1,5,10-11H2,2-3H3. The third-order valence-corrected chi connectivity index (χ3v) is 3.08. The average molecular weight is 300 g/mol. The van der Waals surface area contributed by atoms with E-state index in [1.807, 2.05) is 30.5 Å². The molecule has 0 aliphatic carbocycles. The largest absolute Gasteiger partial charge is 0.489 e. The minimum absolute atomic E-state index is 0.327. The Morgan fingerprint density at radius 1 is 1.36 bits per heavy atom. The van der Waals surface area contributed by atoms with Gasteiger partial charge in [-0.05, 0) is 18.6 Å².